The zero-order valence-electron chi connectivity index (χ0n) is 10.3. The Morgan fingerprint density at radius 2 is 1.88 bits per heavy atom. The van der Waals surface area contributed by atoms with Crippen LogP contribution in [0, 0.1) is 5.92 Å². The summed E-state index contributed by atoms with van der Waals surface area (Å²) in [7, 11) is 0. The van der Waals surface area contributed by atoms with Gasteiger partial charge in [0.25, 0.3) is 0 Å². The Kier molecular flexibility index (Phi) is 4.82. The first kappa shape index (κ1) is 13.5. The fourth-order valence-corrected chi connectivity index (χ4v) is 2.14. The highest BCUT2D eigenvalue weighted by atomic mass is 35.5. The van der Waals surface area contributed by atoms with E-state index in [9.17, 15) is 5.11 Å². The van der Waals surface area contributed by atoms with E-state index in [-0.39, 0.29) is 0 Å². The molecule has 1 rings (SSSR count). The molecule has 0 aliphatic rings. The van der Waals surface area contributed by atoms with Crippen LogP contribution in [-0.4, -0.2) is 10.7 Å². The molecule has 0 fully saturated rings. The van der Waals surface area contributed by atoms with Crippen LogP contribution >= 0.6 is 11.6 Å². The van der Waals surface area contributed by atoms with E-state index < -0.39 is 5.60 Å². The van der Waals surface area contributed by atoms with Gasteiger partial charge in [0.2, 0.25) is 0 Å². The van der Waals surface area contributed by atoms with Gasteiger partial charge in [-0.05, 0) is 37.0 Å². The number of halogens is 1. The van der Waals surface area contributed by atoms with E-state index in [0.717, 1.165) is 23.4 Å². The van der Waals surface area contributed by atoms with Gasteiger partial charge in [-0.2, -0.15) is 0 Å². The molecule has 2 heteroatoms. The Morgan fingerprint density at radius 1 is 1.31 bits per heavy atom. The maximum atomic E-state index is 10.3. The molecule has 0 aliphatic heterocycles. The lowest BCUT2D eigenvalue weighted by molar-refractivity contribution is 0.0359. The normalized spacial score (nSPS) is 16.8. The summed E-state index contributed by atoms with van der Waals surface area (Å²) < 4.78 is 0. The Morgan fingerprint density at radius 3 is 2.38 bits per heavy atom. The van der Waals surface area contributed by atoms with Gasteiger partial charge < -0.3 is 5.11 Å². The molecule has 1 aromatic rings. The molecule has 0 saturated heterocycles. The van der Waals surface area contributed by atoms with E-state index in [1.165, 1.54) is 0 Å². The van der Waals surface area contributed by atoms with Gasteiger partial charge >= 0.3 is 0 Å². The molecule has 0 saturated carbocycles. The Bertz CT molecular complexity index is 316. The topological polar surface area (TPSA) is 20.2 Å². The van der Waals surface area contributed by atoms with E-state index in [1.54, 1.807) is 0 Å². The van der Waals surface area contributed by atoms with Gasteiger partial charge in [0, 0.05) is 11.4 Å². The van der Waals surface area contributed by atoms with Gasteiger partial charge in [0.1, 0.15) is 0 Å². The third-order valence-corrected chi connectivity index (χ3v) is 3.24. The van der Waals surface area contributed by atoms with Crippen molar-refractivity contribution in [2.24, 2.45) is 5.92 Å². The van der Waals surface area contributed by atoms with Crippen LogP contribution in [0.2, 0.25) is 5.02 Å². The standard InChI is InChI=1S/C14H21ClO/c1-4-11(2)9-14(3,16)10-12-5-7-13(15)8-6-12/h5-8,11,16H,4,9-10H2,1-3H3. The third-order valence-electron chi connectivity index (χ3n) is 2.98. The van der Waals surface area contributed by atoms with Crippen molar-refractivity contribution in [2.75, 3.05) is 0 Å². The van der Waals surface area contributed by atoms with Crippen LogP contribution in [0.25, 0.3) is 0 Å². The zero-order valence-corrected chi connectivity index (χ0v) is 11.1. The SMILES string of the molecule is CCC(C)CC(C)(O)Cc1ccc(Cl)cc1. The summed E-state index contributed by atoms with van der Waals surface area (Å²) in [6.45, 7) is 6.24. The Balaban J connectivity index is 2.61. The smallest absolute Gasteiger partial charge is 0.0662 e. The maximum Gasteiger partial charge on any atom is 0.0662 e. The second kappa shape index (κ2) is 5.70. The van der Waals surface area contributed by atoms with E-state index in [0.29, 0.717) is 12.3 Å². The molecule has 0 spiro atoms. The molecule has 2 atom stereocenters. The number of benzene rings is 1. The van der Waals surface area contributed by atoms with Crippen molar-refractivity contribution >= 4 is 11.6 Å². The minimum absolute atomic E-state index is 0.558. The van der Waals surface area contributed by atoms with Crippen molar-refractivity contribution in [3.63, 3.8) is 0 Å². The molecule has 0 aliphatic carbocycles. The molecule has 0 heterocycles. The van der Waals surface area contributed by atoms with Crippen molar-refractivity contribution in [1.29, 1.82) is 0 Å². The first-order chi connectivity index (χ1) is 7.43. The molecule has 16 heavy (non-hydrogen) atoms. The van der Waals surface area contributed by atoms with Gasteiger partial charge in [-0.3, -0.25) is 0 Å². The highest BCUT2D eigenvalue weighted by Crippen LogP contribution is 2.23. The predicted octanol–water partition coefficient (Wildman–Crippen LogP) is 4.07. The van der Waals surface area contributed by atoms with Gasteiger partial charge in [-0.1, -0.05) is 44.0 Å². The lowest BCUT2D eigenvalue weighted by Crippen LogP contribution is -2.29. The maximum absolute atomic E-state index is 10.3. The Labute approximate surface area is 103 Å². The largest absolute Gasteiger partial charge is 0.390 e. The van der Waals surface area contributed by atoms with Gasteiger partial charge in [-0.15, -0.1) is 0 Å². The quantitative estimate of drug-likeness (QED) is 0.823. The fraction of sp³-hybridized carbons (Fsp3) is 0.571. The minimum atomic E-state index is -0.622. The van der Waals surface area contributed by atoms with Gasteiger partial charge in [-0.25, -0.2) is 0 Å². The minimum Gasteiger partial charge on any atom is -0.390 e. The first-order valence-corrected chi connectivity index (χ1v) is 6.27. The van der Waals surface area contributed by atoms with E-state index >= 15 is 0 Å². The summed E-state index contributed by atoms with van der Waals surface area (Å²) in [5, 5.41) is 11.0. The van der Waals surface area contributed by atoms with E-state index in [2.05, 4.69) is 13.8 Å². The monoisotopic (exact) mass is 240 g/mol. The second-order valence-corrected chi connectivity index (χ2v) is 5.45. The highest BCUT2D eigenvalue weighted by Gasteiger charge is 2.23. The molecular weight excluding hydrogens is 220 g/mol. The van der Waals surface area contributed by atoms with Crippen LogP contribution in [0.5, 0.6) is 0 Å². The van der Waals surface area contributed by atoms with Crippen LogP contribution < -0.4 is 0 Å². The third kappa shape index (κ3) is 4.54. The summed E-state index contributed by atoms with van der Waals surface area (Å²) in [5.74, 6) is 0.558. The molecule has 0 radical (unpaired) electrons. The lowest BCUT2D eigenvalue weighted by Gasteiger charge is -2.26. The second-order valence-electron chi connectivity index (χ2n) is 5.02. The first-order valence-electron chi connectivity index (χ1n) is 5.90. The average Bonchev–Trinajstić information content (AvgIpc) is 2.20. The summed E-state index contributed by atoms with van der Waals surface area (Å²) in [6, 6.07) is 7.70. The molecule has 0 aromatic heterocycles. The molecule has 2 unspecified atom stereocenters. The van der Waals surface area contributed by atoms with E-state index in [1.807, 2.05) is 31.2 Å². The zero-order chi connectivity index (χ0) is 12.2. The van der Waals surface area contributed by atoms with Crippen molar-refractivity contribution in [3.05, 3.63) is 34.9 Å². The fourth-order valence-electron chi connectivity index (χ4n) is 2.01. The summed E-state index contributed by atoms with van der Waals surface area (Å²) in [5.41, 5.74) is 0.515. The van der Waals surface area contributed by atoms with Crippen LogP contribution in [0.1, 0.15) is 39.2 Å². The van der Waals surface area contributed by atoms with Crippen molar-refractivity contribution < 1.29 is 5.11 Å². The highest BCUT2D eigenvalue weighted by molar-refractivity contribution is 6.30. The van der Waals surface area contributed by atoms with E-state index in [4.69, 9.17) is 11.6 Å². The molecule has 1 nitrogen and oxygen atoms in total. The molecule has 1 N–H and O–H groups in total. The van der Waals surface area contributed by atoms with Crippen LogP contribution in [-0.2, 0) is 6.42 Å². The van der Waals surface area contributed by atoms with Crippen molar-refractivity contribution in [2.45, 2.75) is 45.6 Å². The van der Waals surface area contributed by atoms with Crippen LogP contribution in [0.4, 0.5) is 0 Å². The van der Waals surface area contributed by atoms with Gasteiger partial charge in [0.15, 0.2) is 0 Å². The van der Waals surface area contributed by atoms with Crippen molar-refractivity contribution in [3.8, 4) is 0 Å². The molecule has 0 amide bonds. The molecule has 1 aromatic carbocycles. The number of aliphatic hydroxyl groups is 1. The summed E-state index contributed by atoms with van der Waals surface area (Å²) in [4.78, 5) is 0. The average molecular weight is 241 g/mol. The summed E-state index contributed by atoms with van der Waals surface area (Å²) in [6.07, 6.45) is 2.64. The predicted molar refractivity (Wildman–Crippen MR) is 69.9 cm³/mol. The van der Waals surface area contributed by atoms with Crippen molar-refractivity contribution in [1.82, 2.24) is 0 Å². The molecule has 90 valence electrons. The number of rotatable bonds is 5. The lowest BCUT2D eigenvalue weighted by atomic mass is 9.86. The van der Waals surface area contributed by atoms with Crippen LogP contribution in [0.15, 0.2) is 24.3 Å². The number of hydrogen-bond donors (Lipinski definition) is 1. The van der Waals surface area contributed by atoms with Crippen LogP contribution in [0.3, 0.4) is 0 Å². The van der Waals surface area contributed by atoms with Gasteiger partial charge in [0.05, 0.1) is 5.60 Å². The summed E-state index contributed by atoms with van der Waals surface area (Å²) >= 11 is 5.83. The Hall–Kier alpha value is -0.530. The molecular formula is C14H21ClO. The molecule has 0 bridgehead atoms. The number of hydrogen-bond acceptors (Lipinski definition) is 1.